The van der Waals surface area contributed by atoms with E-state index in [1.807, 2.05) is 0 Å². The predicted molar refractivity (Wildman–Crippen MR) is 137 cm³/mol. The van der Waals surface area contributed by atoms with Gasteiger partial charge in [-0.1, -0.05) is 98.3 Å². The van der Waals surface area contributed by atoms with Crippen molar-refractivity contribution in [2.24, 2.45) is 0 Å². The highest BCUT2D eigenvalue weighted by atomic mass is 35.5. The average Bonchev–Trinajstić information content (AvgIpc) is 2.70. The molecule has 0 aliphatic heterocycles. The van der Waals surface area contributed by atoms with E-state index in [2.05, 4.69) is 27.7 Å². The molecule has 0 fully saturated rings. The Kier molecular flexibility index (Phi) is 27.5. The lowest BCUT2D eigenvalue weighted by Crippen LogP contribution is -3.00. The lowest BCUT2D eigenvalue weighted by atomic mass is 10.2. The zero-order valence-electron chi connectivity index (χ0n) is 21.1. The Morgan fingerprint density at radius 1 is 0.310 bits per heavy atom. The van der Waals surface area contributed by atoms with Crippen LogP contribution < -0.4 is 12.4 Å². The zero-order valence-corrected chi connectivity index (χ0v) is 22.7. The highest BCUT2D eigenvalue weighted by Gasteiger charge is 2.34. The van der Waals surface area contributed by atoms with Gasteiger partial charge in [0, 0.05) is 7.26 Å². The van der Waals surface area contributed by atoms with Gasteiger partial charge in [0.25, 0.3) is 0 Å². The van der Waals surface area contributed by atoms with E-state index in [4.69, 9.17) is 0 Å². The lowest BCUT2D eigenvalue weighted by molar-refractivity contribution is -0.00000646. The van der Waals surface area contributed by atoms with Gasteiger partial charge in [-0.15, -0.1) is 0 Å². The van der Waals surface area contributed by atoms with Gasteiger partial charge in [0.15, 0.2) is 0 Å². The molecular formula is C27H58ClP. The van der Waals surface area contributed by atoms with Crippen LogP contribution in [-0.4, -0.2) is 24.6 Å². The van der Waals surface area contributed by atoms with Gasteiger partial charge in [-0.2, -0.15) is 0 Å². The Labute approximate surface area is 193 Å². The summed E-state index contributed by atoms with van der Waals surface area (Å²) in [5, 5.41) is 0. The fourth-order valence-electron chi connectivity index (χ4n) is 4.70. The first-order chi connectivity index (χ1) is 13.7. The van der Waals surface area contributed by atoms with Gasteiger partial charge in [0.1, 0.15) is 0 Å². The van der Waals surface area contributed by atoms with E-state index in [1.165, 1.54) is 96.3 Å². The normalized spacial score (nSPS) is 11.6. The van der Waals surface area contributed by atoms with Crippen LogP contribution in [0.25, 0.3) is 0 Å². The van der Waals surface area contributed by atoms with E-state index >= 15 is 0 Å². The van der Waals surface area contributed by atoms with Crippen molar-refractivity contribution in [3.05, 3.63) is 0 Å². The molecule has 0 saturated carbocycles. The summed E-state index contributed by atoms with van der Waals surface area (Å²) in [6.07, 6.45) is 34.6. The average molecular weight is 449 g/mol. The molecule has 0 heterocycles. The number of hydrogen-bond acceptors (Lipinski definition) is 0. The van der Waals surface area contributed by atoms with Gasteiger partial charge in [0.2, 0.25) is 0 Å². The van der Waals surface area contributed by atoms with Crippen LogP contribution in [0.2, 0.25) is 0 Å². The summed E-state index contributed by atoms with van der Waals surface area (Å²) in [7, 11) is -0.682. The molecule has 0 nitrogen and oxygen atoms in total. The largest absolute Gasteiger partial charge is 1.00 e. The molecule has 0 aliphatic carbocycles. The fraction of sp³-hybridized carbons (Fsp3) is 1.00. The van der Waals surface area contributed by atoms with E-state index in [9.17, 15) is 0 Å². The molecule has 0 radical (unpaired) electrons. The topological polar surface area (TPSA) is 0 Å². The van der Waals surface area contributed by atoms with E-state index in [1.54, 1.807) is 50.3 Å². The summed E-state index contributed by atoms with van der Waals surface area (Å²) in [6, 6.07) is 0. The van der Waals surface area contributed by atoms with Crippen molar-refractivity contribution >= 4 is 7.26 Å². The molecule has 0 aliphatic rings. The molecule has 0 bridgehead atoms. The monoisotopic (exact) mass is 448 g/mol. The van der Waals surface area contributed by atoms with E-state index in [0.717, 1.165) is 0 Å². The van der Waals surface area contributed by atoms with Crippen molar-refractivity contribution in [2.75, 3.05) is 24.6 Å². The Morgan fingerprint density at radius 3 is 0.759 bits per heavy atom. The quantitative estimate of drug-likeness (QED) is 0.112. The Hall–Kier alpha value is 0.720. The maximum absolute atomic E-state index is 2.36. The van der Waals surface area contributed by atoms with Crippen molar-refractivity contribution in [1.82, 2.24) is 0 Å². The van der Waals surface area contributed by atoms with Crippen molar-refractivity contribution in [3.8, 4) is 0 Å². The second-order valence-electron chi connectivity index (χ2n) is 9.54. The van der Waals surface area contributed by atoms with E-state index < -0.39 is 7.26 Å². The first-order valence-electron chi connectivity index (χ1n) is 13.6. The van der Waals surface area contributed by atoms with Gasteiger partial charge in [0.05, 0.1) is 24.6 Å². The van der Waals surface area contributed by atoms with Crippen LogP contribution in [0.3, 0.4) is 0 Å². The molecule has 0 atom stereocenters. The van der Waals surface area contributed by atoms with E-state index in [-0.39, 0.29) is 12.4 Å². The first kappa shape index (κ1) is 31.9. The lowest BCUT2D eigenvalue weighted by Gasteiger charge is -2.28. The summed E-state index contributed by atoms with van der Waals surface area (Å²) >= 11 is 0. The summed E-state index contributed by atoms with van der Waals surface area (Å²) in [4.78, 5) is 0. The molecule has 0 spiro atoms. The van der Waals surface area contributed by atoms with Crippen LogP contribution in [0.1, 0.15) is 150 Å². The second kappa shape index (κ2) is 25.0. The first-order valence-corrected chi connectivity index (χ1v) is 16.1. The van der Waals surface area contributed by atoms with Crippen molar-refractivity contribution in [3.63, 3.8) is 0 Å². The highest BCUT2D eigenvalue weighted by Crippen LogP contribution is 2.61. The molecule has 0 aromatic heterocycles. The van der Waals surface area contributed by atoms with E-state index in [0.29, 0.717) is 0 Å². The Balaban J connectivity index is 0. The van der Waals surface area contributed by atoms with Crippen LogP contribution >= 0.6 is 7.26 Å². The molecule has 178 valence electrons. The predicted octanol–water partition coefficient (Wildman–Crippen LogP) is 7.50. The number of hydrogen-bond donors (Lipinski definition) is 0. The van der Waals surface area contributed by atoms with Gasteiger partial charge in [-0.3, -0.25) is 0 Å². The Bertz CT molecular complexity index is 256. The van der Waals surface area contributed by atoms with Gasteiger partial charge >= 0.3 is 0 Å². The van der Waals surface area contributed by atoms with Crippen molar-refractivity contribution in [1.29, 1.82) is 0 Å². The third kappa shape index (κ3) is 20.4. The molecule has 0 N–H and O–H groups in total. The molecule has 0 rings (SSSR count). The molecule has 0 aromatic rings. The van der Waals surface area contributed by atoms with Crippen molar-refractivity contribution < 1.29 is 12.4 Å². The molecule has 0 aromatic carbocycles. The molecule has 29 heavy (non-hydrogen) atoms. The minimum absolute atomic E-state index is 0. The van der Waals surface area contributed by atoms with Crippen LogP contribution in [0.15, 0.2) is 0 Å². The number of rotatable bonds is 23. The third-order valence-electron chi connectivity index (χ3n) is 6.69. The summed E-state index contributed by atoms with van der Waals surface area (Å²) in [5.74, 6) is 0. The minimum Gasteiger partial charge on any atom is -1.00 e. The summed E-state index contributed by atoms with van der Waals surface area (Å²) in [5.41, 5.74) is 0. The molecule has 2 heteroatoms. The van der Waals surface area contributed by atoms with Gasteiger partial charge in [-0.05, 0) is 51.4 Å². The maximum Gasteiger partial charge on any atom is 0.0594 e. The maximum atomic E-state index is 2.36. The second-order valence-corrected chi connectivity index (χ2v) is 14.0. The van der Waals surface area contributed by atoms with Crippen molar-refractivity contribution in [2.45, 2.75) is 150 Å². The molecule has 0 amide bonds. The summed E-state index contributed by atoms with van der Waals surface area (Å²) < 4.78 is 0. The SMILES string of the molecule is CCCCCCC[P+](CCCCCC)(CCCCCCC)CCCCCCC.[Cl-]. The Morgan fingerprint density at radius 2 is 0.517 bits per heavy atom. The van der Waals surface area contributed by atoms with Crippen LogP contribution in [0.4, 0.5) is 0 Å². The van der Waals surface area contributed by atoms with Crippen LogP contribution in [0, 0.1) is 0 Å². The number of unbranched alkanes of at least 4 members (excludes halogenated alkanes) is 15. The third-order valence-corrected chi connectivity index (χ3v) is 11.8. The van der Waals surface area contributed by atoms with Gasteiger partial charge in [-0.25, -0.2) is 0 Å². The molecule has 0 unspecified atom stereocenters. The standard InChI is InChI=1S/C27H58P.ClH/c1-5-9-13-17-21-25-28(24-20-16-12-8-4,26-22-18-14-10-6-2)27-23-19-15-11-7-3;/h5-27H2,1-4H3;1H/q+1;/p-1. The molecular weight excluding hydrogens is 391 g/mol. The smallest absolute Gasteiger partial charge is 0.0594 e. The zero-order chi connectivity index (χ0) is 20.8. The van der Waals surface area contributed by atoms with Crippen LogP contribution in [-0.2, 0) is 0 Å². The summed E-state index contributed by atoms with van der Waals surface area (Å²) in [6.45, 7) is 9.39. The minimum atomic E-state index is -0.682. The highest BCUT2D eigenvalue weighted by molar-refractivity contribution is 7.75. The van der Waals surface area contributed by atoms with Gasteiger partial charge < -0.3 is 12.4 Å². The van der Waals surface area contributed by atoms with Crippen LogP contribution in [0.5, 0.6) is 0 Å². The number of halogens is 1. The molecule has 0 saturated heterocycles. The fourth-order valence-corrected chi connectivity index (χ4v) is 9.62.